The van der Waals surface area contributed by atoms with Crippen LogP contribution in [0, 0.1) is 0 Å². The maximum absolute atomic E-state index is 12.6. The van der Waals surface area contributed by atoms with Crippen LogP contribution >= 0.6 is 0 Å². The minimum atomic E-state index is -3.70. The monoisotopic (exact) mass is 461 g/mol. The number of nitrogens with one attached hydrogen (secondary N) is 2. The Bertz CT molecular complexity index is 1010. The van der Waals surface area contributed by atoms with Crippen LogP contribution in [0.1, 0.15) is 28.4 Å². The van der Waals surface area contributed by atoms with Crippen molar-refractivity contribution in [2.75, 3.05) is 40.0 Å². The van der Waals surface area contributed by atoms with Crippen molar-refractivity contribution in [3.05, 3.63) is 65.2 Å². The van der Waals surface area contributed by atoms with Crippen molar-refractivity contribution in [1.29, 1.82) is 0 Å². The molecular formula is C23H31N3O5S. The first-order chi connectivity index (χ1) is 15.4. The number of rotatable bonds is 10. The van der Waals surface area contributed by atoms with Crippen LogP contribution in [0.4, 0.5) is 0 Å². The number of ether oxygens (including phenoxy) is 2. The van der Waals surface area contributed by atoms with Gasteiger partial charge in [-0.25, -0.2) is 13.1 Å². The molecule has 1 fully saturated rings. The maximum atomic E-state index is 12.6. The minimum Gasteiger partial charge on any atom is -0.383 e. The van der Waals surface area contributed by atoms with Crippen molar-refractivity contribution in [3.8, 4) is 0 Å². The number of carbonyl (C=O) groups excluding carboxylic acids is 1. The first kappa shape index (κ1) is 24.3. The molecule has 2 aromatic carbocycles. The zero-order chi connectivity index (χ0) is 23.0. The van der Waals surface area contributed by atoms with Crippen LogP contribution in [0.25, 0.3) is 0 Å². The summed E-state index contributed by atoms with van der Waals surface area (Å²) in [6, 6.07) is 14.1. The smallest absolute Gasteiger partial charge is 0.251 e. The Morgan fingerprint density at radius 2 is 1.97 bits per heavy atom. The van der Waals surface area contributed by atoms with Crippen LogP contribution < -0.4 is 10.0 Å². The van der Waals surface area contributed by atoms with E-state index >= 15 is 0 Å². The number of sulfonamides is 1. The van der Waals surface area contributed by atoms with Crippen molar-refractivity contribution >= 4 is 15.9 Å². The molecule has 174 valence electrons. The zero-order valence-electron chi connectivity index (χ0n) is 18.5. The molecule has 0 aliphatic carbocycles. The first-order valence-electron chi connectivity index (χ1n) is 10.7. The number of hydrogen-bond donors (Lipinski definition) is 2. The van der Waals surface area contributed by atoms with Gasteiger partial charge in [-0.3, -0.25) is 9.69 Å². The van der Waals surface area contributed by atoms with Gasteiger partial charge in [-0.05, 0) is 36.2 Å². The van der Waals surface area contributed by atoms with Gasteiger partial charge in [-0.1, -0.05) is 30.3 Å². The van der Waals surface area contributed by atoms with Gasteiger partial charge in [-0.2, -0.15) is 0 Å². The van der Waals surface area contributed by atoms with E-state index in [1.165, 1.54) is 24.8 Å². The van der Waals surface area contributed by atoms with E-state index in [1.807, 2.05) is 12.1 Å². The highest BCUT2D eigenvalue weighted by atomic mass is 32.2. The molecule has 1 saturated heterocycles. The van der Waals surface area contributed by atoms with Gasteiger partial charge in [0.25, 0.3) is 5.91 Å². The van der Waals surface area contributed by atoms with Gasteiger partial charge < -0.3 is 14.8 Å². The quantitative estimate of drug-likeness (QED) is 0.524. The van der Waals surface area contributed by atoms with E-state index in [9.17, 15) is 13.2 Å². The predicted molar refractivity (Wildman–Crippen MR) is 122 cm³/mol. The van der Waals surface area contributed by atoms with E-state index in [1.54, 1.807) is 12.1 Å². The van der Waals surface area contributed by atoms with Gasteiger partial charge in [0.15, 0.2) is 0 Å². The van der Waals surface area contributed by atoms with Crippen LogP contribution in [-0.2, 0) is 32.6 Å². The SMILES string of the molecule is COCCNS(=O)(=O)c1cccc(C(=O)NCc2cccc(CN3CCOC(C)C3)c2)c1. The molecule has 2 aromatic rings. The largest absolute Gasteiger partial charge is 0.383 e. The van der Waals surface area contributed by atoms with Gasteiger partial charge in [-0.15, -0.1) is 0 Å². The third-order valence-electron chi connectivity index (χ3n) is 5.18. The van der Waals surface area contributed by atoms with Crippen LogP contribution in [0.2, 0.25) is 0 Å². The molecule has 1 unspecified atom stereocenters. The van der Waals surface area contributed by atoms with E-state index in [0.717, 1.165) is 31.8 Å². The fraction of sp³-hybridized carbons (Fsp3) is 0.435. The molecule has 0 bridgehead atoms. The summed E-state index contributed by atoms with van der Waals surface area (Å²) in [5.74, 6) is -0.327. The number of hydrogen-bond acceptors (Lipinski definition) is 6. The molecule has 2 N–H and O–H groups in total. The highest BCUT2D eigenvalue weighted by Gasteiger charge is 2.17. The summed E-state index contributed by atoms with van der Waals surface area (Å²) in [6.07, 6.45) is 0.237. The number of methoxy groups -OCH3 is 1. The van der Waals surface area contributed by atoms with Gasteiger partial charge in [0.2, 0.25) is 10.0 Å². The third-order valence-corrected chi connectivity index (χ3v) is 6.64. The number of benzene rings is 2. The van der Waals surface area contributed by atoms with Crippen molar-refractivity contribution < 1.29 is 22.7 Å². The Hall–Kier alpha value is -2.30. The summed E-state index contributed by atoms with van der Waals surface area (Å²) in [6.45, 7) is 6.26. The predicted octanol–water partition coefficient (Wildman–Crippen LogP) is 1.76. The Labute approximate surface area is 190 Å². The standard InChI is InChI=1S/C23H31N3O5S/c1-18-16-26(10-12-31-18)17-20-6-3-5-19(13-20)15-24-23(27)21-7-4-8-22(14-21)32(28,29)25-9-11-30-2/h3-8,13-14,18,25H,9-12,15-17H2,1-2H3,(H,24,27). The van der Waals surface area contributed by atoms with Gasteiger partial charge in [0, 0.05) is 45.4 Å². The molecule has 8 nitrogen and oxygen atoms in total. The van der Waals surface area contributed by atoms with Crippen LogP contribution in [0.15, 0.2) is 53.4 Å². The highest BCUT2D eigenvalue weighted by Crippen LogP contribution is 2.14. The van der Waals surface area contributed by atoms with E-state index in [4.69, 9.17) is 9.47 Å². The Morgan fingerprint density at radius 1 is 1.19 bits per heavy atom. The second-order valence-electron chi connectivity index (χ2n) is 7.84. The average Bonchev–Trinajstić information content (AvgIpc) is 2.78. The molecule has 0 spiro atoms. The lowest BCUT2D eigenvalue weighted by molar-refractivity contribution is -0.0212. The number of nitrogens with zero attached hydrogens (tertiary/aromatic N) is 1. The lowest BCUT2D eigenvalue weighted by Gasteiger charge is -2.31. The zero-order valence-corrected chi connectivity index (χ0v) is 19.4. The molecule has 1 atom stereocenters. The normalized spacial score (nSPS) is 17.2. The van der Waals surface area contributed by atoms with Crippen molar-refractivity contribution in [3.63, 3.8) is 0 Å². The topological polar surface area (TPSA) is 97.0 Å². The van der Waals surface area contributed by atoms with Crippen molar-refractivity contribution in [2.45, 2.75) is 31.0 Å². The summed E-state index contributed by atoms with van der Waals surface area (Å²) in [5.41, 5.74) is 2.46. The Balaban J connectivity index is 1.59. The van der Waals surface area contributed by atoms with Crippen LogP contribution in [0.5, 0.6) is 0 Å². The van der Waals surface area contributed by atoms with E-state index in [2.05, 4.69) is 34.0 Å². The molecule has 32 heavy (non-hydrogen) atoms. The molecule has 0 aromatic heterocycles. The molecule has 1 heterocycles. The summed E-state index contributed by atoms with van der Waals surface area (Å²) in [4.78, 5) is 15.0. The fourth-order valence-electron chi connectivity index (χ4n) is 3.58. The lowest BCUT2D eigenvalue weighted by Crippen LogP contribution is -2.40. The van der Waals surface area contributed by atoms with Crippen LogP contribution in [-0.4, -0.2) is 65.3 Å². The summed E-state index contributed by atoms with van der Waals surface area (Å²) in [5, 5.41) is 2.88. The second-order valence-corrected chi connectivity index (χ2v) is 9.60. The molecule has 0 radical (unpaired) electrons. The third kappa shape index (κ3) is 7.11. The van der Waals surface area contributed by atoms with Crippen molar-refractivity contribution in [1.82, 2.24) is 14.9 Å². The summed E-state index contributed by atoms with van der Waals surface area (Å²) < 4.78 is 37.6. The maximum Gasteiger partial charge on any atom is 0.251 e. The number of amides is 1. The van der Waals surface area contributed by atoms with Gasteiger partial charge >= 0.3 is 0 Å². The molecule has 1 aliphatic rings. The molecule has 0 saturated carbocycles. The molecular weight excluding hydrogens is 430 g/mol. The Kier molecular flexibility index (Phi) is 8.77. The summed E-state index contributed by atoms with van der Waals surface area (Å²) in [7, 11) is -2.20. The first-order valence-corrected chi connectivity index (χ1v) is 12.1. The van der Waals surface area contributed by atoms with Crippen LogP contribution in [0.3, 0.4) is 0 Å². The van der Waals surface area contributed by atoms with Gasteiger partial charge in [0.05, 0.1) is 24.2 Å². The van der Waals surface area contributed by atoms with Gasteiger partial charge in [0.1, 0.15) is 0 Å². The minimum absolute atomic E-state index is 0.0444. The number of carbonyl (C=O) groups is 1. The molecule has 1 amide bonds. The number of morpholine rings is 1. The summed E-state index contributed by atoms with van der Waals surface area (Å²) >= 11 is 0. The lowest BCUT2D eigenvalue weighted by atomic mass is 10.1. The second kappa shape index (κ2) is 11.5. The van der Waals surface area contributed by atoms with E-state index in [-0.39, 0.29) is 35.6 Å². The van der Waals surface area contributed by atoms with E-state index in [0.29, 0.717) is 6.54 Å². The fourth-order valence-corrected chi connectivity index (χ4v) is 4.64. The van der Waals surface area contributed by atoms with E-state index < -0.39 is 10.0 Å². The average molecular weight is 462 g/mol. The molecule has 3 rings (SSSR count). The molecule has 9 heteroatoms. The highest BCUT2D eigenvalue weighted by molar-refractivity contribution is 7.89. The van der Waals surface area contributed by atoms with Crippen molar-refractivity contribution in [2.24, 2.45) is 0 Å². The molecule has 1 aliphatic heterocycles. The Morgan fingerprint density at radius 3 is 2.75 bits per heavy atom.